The van der Waals surface area contributed by atoms with Gasteiger partial charge >= 0.3 is 0 Å². The number of amides is 6. The highest BCUT2D eigenvalue weighted by atomic mass is 16.8. The summed E-state index contributed by atoms with van der Waals surface area (Å²) in [5, 5.41) is 167. The molecule has 6 fully saturated rings. The lowest BCUT2D eigenvalue weighted by molar-refractivity contribution is -0.370. The maximum Gasteiger partial charge on any atom is 0.217 e. The minimum atomic E-state index is -2.06. The van der Waals surface area contributed by atoms with Gasteiger partial charge in [0.2, 0.25) is 36.4 Å². The van der Waals surface area contributed by atoms with Crippen LogP contribution in [-0.2, 0) is 80.9 Å². The third-order valence-corrected chi connectivity index (χ3v) is 14.6. The van der Waals surface area contributed by atoms with Crippen LogP contribution >= 0.6 is 0 Å². The van der Waals surface area contributed by atoms with E-state index in [1.807, 2.05) is 0 Å². The number of aliphatic hydroxyl groups is 14. The van der Waals surface area contributed by atoms with E-state index in [2.05, 4.69) is 31.9 Å². The Morgan fingerprint density at radius 3 is 0.843 bits per heavy atom. The van der Waals surface area contributed by atoms with Gasteiger partial charge in [0.25, 0.3) is 0 Å². The number of carbonyl (C=O) groups excluding carboxylic acids is 6. The second kappa shape index (κ2) is 30.4. The van der Waals surface area contributed by atoms with Crippen LogP contribution < -0.4 is 31.9 Å². The third kappa shape index (κ3) is 15.5. The van der Waals surface area contributed by atoms with Gasteiger partial charge in [-0.05, 0) is 0 Å². The van der Waals surface area contributed by atoms with Gasteiger partial charge in [0.1, 0.15) is 146 Å². The zero-order valence-electron chi connectivity index (χ0n) is 44.9. The molecule has 476 valence electrons. The van der Waals surface area contributed by atoms with Gasteiger partial charge in [-0.2, -0.15) is 0 Å². The predicted molar refractivity (Wildman–Crippen MR) is 260 cm³/mol. The molecule has 6 aliphatic heterocycles. The Hall–Kier alpha value is -4.18. The molecular weight excluding hydrogens is 1130 g/mol. The van der Waals surface area contributed by atoms with Crippen LogP contribution in [0.3, 0.4) is 0 Å². The van der Waals surface area contributed by atoms with Crippen LogP contribution in [0.25, 0.3) is 0 Å². The SMILES string of the molecule is CC(=O)N[C@H]1[C@H](O[C@H]2[C@H](O)[C@@H](NC(C)=O)[C@H](O[C@H]3[C@H](O)[C@@H](NC(C)=O)C(O)O[C@@H]3CO)O[C@@H]2CO)O[C@H](CO)[C@@H](O[C@@H]2O[C@H](CO)[C@@H](O[C@@H]3O[C@H](CO)[C@@H](O[C@@H]4O[C@H](CO)[C@@H](O)[C@H](O)[C@H]4NC=O)[C@H](O)[C@H]3NC(C)=O)[C@H](O)[C@H]2NC=O)[C@@H]1O. The average Bonchev–Trinajstić information content (AvgIpc) is 3.60. The van der Waals surface area contributed by atoms with Gasteiger partial charge in [-0.1, -0.05) is 0 Å². The lowest BCUT2D eigenvalue weighted by Gasteiger charge is -2.51. The first-order chi connectivity index (χ1) is 39.4. The third-order valence-electron chi connectivity index (χ3n) is 14.6. The van der Waals surface area contributed by atoms with Crippen molar-refractivity contribution in [1.29, 1.82) is 0 Å². The summed E-state index contributed by atoms with van der Waals surface area (Å²) in [5.74, 6) is -3.17. The Labute approximate surface area is 471 Å². The molecule has 0 saturated carbocycles. The topological polar surface area (TPSA) is 559 Å². The summed E-state index contributed by atoms with van der Waals surface area (Å²) < 4.78 is 64.9. The number of nitrogens with one attached hydrogen (secondary N) is 6. The van der Waals surface area contributed by atoms with Crippen LogP contribution in [0.5, 0.6) is 0 Å². The van der Waals surface area contributed by atoms with E-state index in [0.29, 0.717) is 0 Å². The number of hydrogen-bond donors (Lipinski definition) is 20. The van der Waals surface area contributed by atoms with Crippen molar-refractivity contribution < 1.29 is 152 Å². The Balaban J connectivity index is 1.21. The number of rotatable bonds is 24. The van der Waals surface area contributed by atoms with Crippen molar-refractivity contribution in [3.05, 3.63) is 0 Å². The zero-order chi connectivity index (χ0) is 61.3. The van der Waals surface area contributed by atoms with Gasteiger partial charge in [-0.25, -0.2) is 0 Å². The summed E-state index contributed by atoms with van der Waals surface area (Å²) in [6.07, 6.45) is -43.1. The lowest BCUT2D eigenvalue weighted by Crippen LogP contribution is -2.72. The fourth-order valence-corrected chi connectivity index (χ4v) is 10.7. The van der Waals surface area contributed by atoms with Crippen LogP contribution in [0.1, 0.15) is 27.7 Å². The molecule has 30 atom stereocenters. The zero-order valence-corrected chi connectivity index (χ0v) is 44.9. The van der Waals surface area contributed by atoms with Gasteiger partial charge in [0.05, 0.1) is 39.6 Å². The number of carbonyl (C=O) groups is 6. The van der Waals surface area contributed by atoms with E-state index in [0.717, 1.165) is 27.7 Å². The van der Waals surface area contributed by atoms with Crippen molar-refractivity contribution in [1.82, 2.24) is 31.9 Å². The van der Waals surface area contributed by atoms with E-state index in [1.54, 1.807) is 0 Å². The molecule has 6 amide bonds. The Kier molecular flexibility index (Phi) is 24.9. The largest absolute Gasteiger partial charge is 0.394 e. The van der Waals surface area contributed by atoms with Crippen molar-refractivity contribution in [3.8, 4) is 0 Å². The van der Waals surface area contributed by atoms with Crippen LogP contribution in [-0.4, -0.2) is 331 Å². The lowest BCUT2D eigenvalue weighted by atomic mass is 9.93. The Morgan fingerprint density at radius 1 is 0.337 bits per heavy atom. The summed E-state index contributed by atoms with van der Waals surface area (Å²) in [4.78, 5) is 73.4. The van der Waals surface area contributed by atoms with Crippen molar-refractivity contribution in [2.24, 2.45) is 0 Å². The summed E-state index contributed by atoms with van der Waals surface area (Å²) in [6.45, 7) is -1.68. The molecule has 6 rings (SSSR count). The quantitative estimate of drug-likeness (QED) is 0.0399. The molecule has 20 N–H and O–H groups in total. The normalized spacial score (nSPS) is 44.8. The monoisotopic (exact) mass is 1210 g/mol. The van der Waals surface area contributed by atoms with E-state index in [9.17, 15) is 100 Å². The van der Waals surface area contributed by atoms with E-state index >= 15 is 0 Å². The standard InChI is InChI=1S/C46H76N6O31/c1-13(61)49-23-31(67)36(18(6-54)73-41(23)72)81-44-28(52-16(4)64)35(71)40(22(10-58)78-44)83-46-27(51-15(3)63)34(70)39(21(9-57)77-46)80-43-25(48-12-60)32(68)37(19(7-55)75-43)82-45-26(50-14(2)62)33(69)38(20(8-56)76-45)79-42-24(47-11-59)30(66)29(65)17(5-53)74-42/h11-12,17-46,53-58,65-72H,5-10H2,1-4H3,(H,47,59)(H,48,60)(H,49,61)(H,50,62)(H,51,63)(H,52,64)/t17-,18-,19-,20-,21-,22-,23-,24-,25-,26-,27-,28-,29-,30-,31-,32-,33-,34-,35-,36-,37-,38-,39-,40-,41?,42+,43+,44+,45+,46+/m1/s1. The maximum absolute atomic E-state index is 12.8. The van der Waals surface area contributed by atoms with E-state index in [1.165, 1.54) is 0 Å². The first kappa shape index (κ1) is 67.9. The molecule has 1 unspecified atom stereocenters. The molecule has 0 bridgehead atoms. The molecule has 0 spiro atoms. The molecule has 37 heteroatoms. The number of ether oxygens (including phenoxy) is 11. The molecule has 37 nitrogen and oxygen atoms in total. The highest BCUT2D eigenvalue weighted by molar-refractivity contribution is 5.74. The first-order valence-electron chi connectivity index (χ1n) is 26.2. The smallest absolute Gasteiger partial charge is 0.217 e. The van der Waals surface area contributed by atoms with Crippen molar-refractivity contribution in [2.75, 3.05) is 39.6 Å². The highest BCUT2D eigenvalue weighted by Gasteiger charge is 2.58. The Morgan fingerprint density at radius 2 is 0.566 bits per heavy atom. The molecule has 6 saturated heterocycles. The minimum absolute atomic E-state index is 0.0786. The fourth-order valence-electron chi connectivity index (χ4n) is 10.7. The number of hydrogen-bond acceptors (Lipinski definition) is 31. The minimum Gasteiger partial charge on any atom is -0.394 e. The van der Waals surface area contributed by atoms with Gasteiger partial charge < -0.3 is 155 Å². The van der Waals surface area contributed by atoms with Gasteiger partial charge in [-0.15, -0.1) is 0 Å². The van der Waals surface area contributed by atoms with Crippen LogP contribution in [0.2, 0.25) is 0 Å². The van der Waals surface area contributed by atoms with Crippen molar-refractivity contribution in [2.45, 2.75) is 212 Å². The van der Waals surface area contributed by atoms with Gasteiger partial charge in [0.15, 0.2) is 37.7 Å². The van der Waals surface area contributed by atoms with Crippen LogP contribution in [0, 0.1) is 0 Å². The van der Waals surface area contributed by atoms with Crippen molar-refractivity contribution >= 4 is 36.4 Å². The maximum atomic E-state index is 12.8. The molecule has 0 aliphatic carbocycles. The second-order valence-electron chi connectivity index (χ2n) is 20.3. The highest BCUT2D eigenvalue weighted by Crippen LogP contribution is 2.37. The summed E-state index contributed by atoms with van der Waals surface area (Å²) in [7, 11) is 0. The summed E-state index contributed by atoms with van der Waals surface area (Å²) >= 11 is 0. The summed E-state index contributed by atoms with van der Waals surface area (Å²) in [5.41, 5.74) is 0. The van der Waals surface area contributed by atoms with Crippen LogP contribution in [0.15, 0.2) is 0 Å². The fraction of sp³-hybridized carbons (Fsp3) is 0.870. The van der Waals surface area contributed by atoms with Gasteiger partial charge in [-0.3, -0.25) is 28.8 Å². The average molecular weight is 1210 g/mol. The van der Waals surface area contributed by atoms with E-state index in [-0.39, 0.29) is 12.8 Å². The van der Waals surface area contributed by atoms with E-state index < -0.39 is 247 Å². The number of aliphatic hydroxyl groups excluding tert-OH is 14. The molecule has 0 aromatic rings. The second-order valence-corrected chi connectivity index (χ2v) is 20.3. The molecule has 0 radical (unpaired) electrons. The van der Waals surface area contributed by atoms with E-state index in [4.69, 9.17) is 52.1 Å². The molecule has 0 aromatic heterocycles. The Bertz CT molecular complexity index is 2130. The molecular formula is C46H76N6O31. The molecule has 6 heterocycles. The first-order valence-corrected chi connectivity index (χ1v) is 26.2. The summed E-state index contributed by atoms with van der Waals surface area (Å²) in [6, 6.07) is -10.0. The molecule has 0 aromatic carbocycles. The van der Waals surface area contributed by atoms with Crippen LogP contribution in [0.4, 0.5) is 0 Å². The molecule has 6 aliphatic rings. The predicted octanol–water partition coefficient (Wildman–Crippen LogP) is -14.0. The van der Waals surface area contributed by atoms with Crippen molar-refractivity contribution in [3.63, 3.8) is 0 Å². The molecule has 83 heavy (non-hydrogen) atoms. The van der Waals surface area contributed by atoms with Gasteiger partial charge in [0, 0.05) is 27.7 Å².